The molecule has 5 heteroatoms. The Morgan fingerprint density at radius 3 is 2.37 bits per heavy atom. The molecule has 1 unspecified atom stereocenters. The highest BCUT2D eigenvalue weighted by Crippen LogP contribution is 2.06. The summed E-state index contributed by atoms with van der Waals surface area (Å²) < 4.78 is 2.59. The van der Waals surface area contributed by atoms with Crippen molar-refractivity contribution in [2.45, 2.75) is 46.2 Å². The second-order valence-electron chi connectivity index (χ2n) is 5.67. The van der Waals surface area contributed by atoms with E-state index in [1.807, 2.05) is 0 Å². The topological polar surface area (TPSA) is 56.0 Å². The summed E-state index contributed by atoms with van der Waals surface area (Å²) in [5.41, 5.74) is 0.120. The second kappa shape index (κ2) is 6.70. The Morgan fingerprint density at radius 1 is 1.16 bits per heavy atom. The summed E-state index contributed by atoms with van der Waals surface area (Å²) in [5, 5.41) is 3.34. The van der Waals surface area contributed by atoms with Crippen LogP contribution in [0.2, 0.25) is 0 Å². The van der Waals surface area contributed by atoms with Gasteiger partial charge in [0.05, 0.1) is 0 Å². The van der Waals surface area contributed by atoms with E-state index in [2.05, 4.69) is 26.1 Å². The molecule has 0 aliphatic carbocycles. The van der Waals surface area contributed by atoms with E-state index in [4.69, 9.17) is 0 Å². The largest absolute Gasteiger partial charge is 0.330 e. The molecule has 1 aromatic heterocycles. The van der Waals surface area contributed by atoms with Crippen LogP contribution in [0, 0.1) is 5.92 Å². The van der Waals surface area contributed by atoms with E-state index in [0.29, 0.717) is 24.1 Å². The summed E-state index contributed by atoms with van der Waals surface area (Å²) in [4.78, 5) is 23.5. The van der Waals surface area contributed by atoms with E-state index in [9.17, 15) is 9.59 Å². The lowest BCUT2D eigenvalue weighted by molar-refractivity contribution is 0.448. The van der Waals surface area contributed by atoms with Crippen LogP contribution in [-0.4, -0.2) is 15.2 Å². The van der Waals surface area contributed by atoms with Crippen molar-refractivity contribution in [2.24, 2.45) is 20.0 Å². The Kier molecular flexibility index (Phi) is 5.54. The van der Waals surface area contributed by atoms with Crippen LogP contribution in [0.3, 0.4) is 0 Å². The fourth-order valence-corrected chi connectivity index (χ4v) is 1.97. The number of rotatable bonds is 6. The van der Waals surface area contributed by atoms with E-state index in [-0.39, 0.29) is 11.2 Å². The van der Waals surface area contributed by atoms with Crippen LogP contribution in [0.1, 0.15) is 39.2 Å². The van der Waals surface area contributed by atoms with Gasteiger partial charge in [0.15, 0.2) is 0 Å². The first-order valence-corrected chi connectivity index (χ1v) is 6.81. The van der Waals surface area contributed by atoms with Gasteiger partial charge in [-0.3, -0.25) is 9.36 Å². The Labute approximate surface area is 114 Å². The molecular formula is C14H25N3O2. The fourth-order valence-electron chi connectivity index (χ4n) is 1.97. The van der Waals surface area contributed by atoms with Crippen LogP contribution < -0.4 is 16.6 Å². The van der Waals surface area contributed by atoms with Crippen molar-refractivity contribution in [2.75, 3.05) is 0 Å². The molecule has 0 saturated heterocycles. The van der Waals surface area contributed by atoms with Gasteiger partial charge >= 0.3 is 5.69 Å². The molecule has 5 nitrogen and oxygen atoms in total. The second-order valence-corrected chi connectivity index (χ2v) is 5.67. The Bertz CT molecular complexity index is 528. The van der Waals surface area contributed by atoms with Gasteiger partial charge in [-0.05, 0) is 25.7 Å². The molecule has 1 aromatic rings. The van der Waals surface area contributed by atoms with Crippen molar-refractivity contribution < 1.29 is 0 Å². The summed E-state index contributed by atoms with van der Waals surface area (Å²) in [6.45, 7) is 7.03. The standard InChI is InChI=1S/C14H25N3O2/c1-10(2)6-7-11(3)15-8-12-9-16(4)14(19)17(5)13(12)18/h9-11,15H,6-8H2,1-5H3. The van der Waals surface area contributed by atoms with Crippen LogP contribution in [-0.2, 0) is 20.6 Å². The zero-order chi connectivity index (χ0) is 14.6. The van der Waals surface area contributed by atoms with Gasteiger partial charge in [0, 0.05) is 38.4 Å². The molecule has 0 aliphatic rings. The first kappa shape index (κ1) is 15.7. The molecule has 108 valence electrons. The van der Waals surface area contributed by atoms with Crippen LogP contribution in [0.15, 0.2) is 15.8 Å². The van der Waals surface area contributed by atoms with Crippen molar-refractivity contribution in [1.82, 2.24) is 14.5 Å². The quantitative estimate of drug-likeness (QED) is 0.836. The molecule has 0 spiro atoms. The number of hydrogen-bond donors (Lipinski definition) is 1. The first-order valence-electron chi connectivity index (χ1n) is 6.81. The third-order valence-electron chi connectivity index (χ3n) is 3.34. The van der Waals surface area contributed by atoms with Crippen molar-refractivity contribution in [3.8, 4) is 0 Å². The maximum absolute atomic E-state index is 11.9. The van der Waals surface area contributed by atoms with Gasteiger partial charge in [-0.25, -0.2) is 4.79 Å². The average molecular weight is 267 g/mol. The molecule has 0 saturated carbocycles. The lowest BCUT2D eigenvalue weighted by atomic mass is 10.0. The Morgan fingerprint density at radius 2 is 1.79 bits per heavy atom. The summed E-state index contributed by atoms with van der Waals surface area (Å²) in [5.74, 6) is 0.690. The molecule has 0 amide bonds. The van der Waals surface area contributed by atoms with Crippen molar-refractivity contribution in [3.63, 3.8) is 0 Å². The molecule has 0 fully saturated rings. The highest BCUT2D eigenvalue weighted by atomic mass is 16.2. The van der Waals surface area contributed by atoms with Crippen molar-refractivity contribution in [1.29, 1.82) is 0 Å². The zero-order valence-electron chi connectivity index (χ0n) is 12.6. The summed E-state index contributed by atoms with van der Waals surface area (Å²) in [7, 11) is 3.17. The SMILES string of the molecule is CC(C)CCC(C)NCc1cn(C)c(=O)n(C)c1=O. The zero-order valence-corrected chi connectivity index (χ0v) is 12.6. The van der Waals surface area contributed by atoms with Crippen LogP contribution in [0.4, 0.5) is 0 Å². The first-order chi connectivity index (χ1) is 8.82. The normalized spacial score (nSPS) is 12.9. The van der Waals surface area contributed by atoms with Gasteiger partial charge < -0.3 is 9.88 Å². The number of hydrogen-bond acceptors (Lipinski definition) is 3. The lowest BCUT2D eigenvalue weighted by Crippen LogP contribution is -2.40. The molecule has 1 heterocycles. The van der Waals surface area contributed by atoms with Crippen LogP contribution >= 0.6 is 0 Å². The maximum atomic E-state index is 11.9. The van der Waals surface area contributed by atoms with Gasteiger partial charge in [0.1, 0.15) is 0 Å². The number of nitrogens with zero attached hydrogens (tertiary/aromatic N) is 2. The van der Waals surface area contributed by atoms with E-state index in [0.717, 1.165) is 11.0 Å². The van der Waals surface area contributed by atoms with Gasteiger partial charge in [-0.1, -0.05) is 13.8 Å². The monoisotopic (exact) mass is 267 g/mol. The molecule has 0 bridgehead atoms. The minimum atomic E-state index is -0.290. The molecule has 1 rings (SSSR count). The maximum Gasteiger partial charge on any atom is 0.330 e. The highest BCUT2D eigenvalue weighted by Gasteiger charge is 2.08. The smallest absolute Gasteiger partial charge is 0.310 e. The van der Waals surface area contributed by atoms with Gasteiger partial charge in [0.2, 0.25) is 0 Å². The minimum absolute atomic E-state index is 0.216. The number of aryl methyl sites for hydroxylation is 1. The summed E-state index contributed by atoms with van der Waals surface area (Å²) >= 11 is 0. The van der Waals surface area contributed by atoms with E-state index in [1.165, 1.54) is 18.0 Å². The Hall–Kier alpha value is -1.36. The average Bonchev–Trinajstić information content (AvgIpc) is 2.36. The van der Waals surface area contributed by atoms with Gasteiger partial charge in [-0.15, -0.1) is 0 Å². The van der Waals surface area contributed by atoms with E-state index >= 15 is 0 Å². The van der Waals surface area contributed by atoms with Crippen molar-refractivity contribution in [3.05, 3.63) is 32.6 Å². The van der Waals surface area contributed by atoms with Gasteiger partial charge in [-0.2, -0.15) is 0 Å². The molecule has 1 atom stereocenters. The molecule has 0 aromatic carbocycles. The molecule has 0 aliphatic heterocycles. The summed E-state index contributed by atoms with van der Waals surface area (Å²) in [6.07, 6.45) is 3.87. The number of nitrogens with one attached hydrogen (secondary N) is 1. The predicted octanol–water partition coefficient (Wildman–Crippen LogP) is 0.998. The Balaban J connectivity index is 2.69. The molecule has 0 radical (unpaired) electrons. The number of aromatic nitrogens is 2. The molecule has 19 heavy (non-hydrogen) atoms. The summed E-state index contributed by atoms with van der Waals surface area (Å²) in [6, 6.07) is 0.365. The lowest BCUT2D eigenvalue weighted by Gasteiger charge is -2.15. The van der Waals surface area contributed by atoms with Crippen LogP contribution in [0.25, 0.3) is 0 Å². The van der Waals surface area contributed by atoms with Crippen molar-refractivity contribution >= 4 is 0 Å². The minimum Gasteiger partial charge on any atom is -0.310 e. The fraction of sp³-hybridized carbons (Fsp3) is 0.714. The van der Waals surface area contributed by atoms with Crippen LogP contribution in [0.5, 0.6) is 0 Å². The molecule has 1 N–H and O–H groups in total. The third-order valence-corrected chi connectivity index (χ3v) is 3.34. The molecular weight excluding hydrogens is 242 g/mol. The predicted molar refractivity (Wildman–Crippen MR) is 77.3 cm³/mol. The highest BCUT2D eigenvalue weighted by molar-refractivity contribution is 5.05. The third kappa shape index (κ3) is 4.35. The van der Waals surface area contributed by atoms with Gasteiger partial charge in [0.25, 0.3) is 5.56 Å². The van der Waals surface area contributed by atoms with E-state index < -0.39 is 0 Å². The van der Waals surface area contributed by atoms with E-state index in [1.54, 1.807) is 13.2 Å².